The van der Waals surface area contributed by atoms with Crippen LogP contribution in [0.3, 0.4) is 0 Å². The van der Waals surface area contributed by atoms with Crippen molar-refractivity contribution in [1.82, 2.24) is 10.3 Å². The second kappa shape index (κ2) is 6.27. The molecule has 1 aromatic heterocycles. The number of hydrogen-bond acceptors (Lipinski definition) is 3. The molecule has 1 aliphatic carbocycles. The average molecular weight is 282 g/mol. The molecule has 0 bridgehead atoms. The Labute approximate surface area is 126 Å². The van der Waals surface area contributed by atoms with Crippen LogP contribution in [0.5, 0.6) is 11.6 Å². The summed E-state index contributed by atoms with van der Waals surface area (Å²) >= 11 is 0. The molecule has 110 valence electrons. The van der Waals surface area contributed by atoms with Crippen molar-refractivity contribution >= 4 is 0 Å². The SMILES string of the molecule is CC(C)c1ccc(Oc2ncccc2CNC2CC2)cc1. The zero-order valence-corrected chi connectivity index (χ0v) is 12.7. The van der Waals surface area contributed by atoms with Gasteiger partial charge in [0.1, 0.15) is 5.75 Å². The Balaban J connectivity index is 1.70. The van der Waals surface area contributed by atoms with Gasteiger partial charge >= 0.3 is 0 Å². The van der Waals surface area contributed by atoms with Crippen molar-refractivity contribution < 1.29 is 4.74 Å². The van der Waals surface area contributed by atoms with E-state index in [9.17, 15) is 0 Å². The Morgan fingerprint density at radius 1 is 1.19 bits per heavy atom. The van der Waals surface area contributed by atoms with Gasteiger partial charge < -0.3 is 10.1 Å². The molecule has 2 aromatic rings. The summed E-state index contributed by atoms with van der Waals surface area (Å²) in [5, 5.41) is 3.50. The molecular formula is C18H22N2O. The molecule has 0 spiro atoms. The molecule has 1 fully saturated rings. The Hall–Kier alpha value is -1.87. The number of pyridine rings is 1. The van der Waals surface area contributed by atoms with Crippen LogP contribution in [0, 0.1) is 0 Å². The number of ether oxygens (including phenoxy) is 1. The predicted molar refractivity (Wildman–Crippen MR) is 84.7 cm³/mol. The lowest BCUT2D eigenvalue weighted by Crippen LogP contribution is -2.16. The van der Waals surface area contributed by atoms with Gasteiger partial charge in [-0.25, -0.2) is 4.98 Å². The van der Waals surface area contributed by atoms with Crippen molar-refractivity contribution in [2.24, 2.45) is 0 Å². The molecule has 21 heavy (non-hydrogen) atoms. The van der Waals surface area contributed by atoms with Gasteiger partial charge in [-0.15, -0.1) is 0 Å². The Kier molecular flexibility index (Phi) is 4.20. The fraction of sp³-hybridized carbons (Fsp3) is 0.389. The van der Waals surface area contributed by atoms with E-state index in [0.29, 0.717) is 17.8 Å². The number of nitrogens with one attached hydrogen (secondary N) is 1. The first-order chi connectivity index (χ1) is 10.2. The summed E-state index contributed by atoms with van der Waals surface area (Å²) in [6.45, 7) is 5.20. The van der Waals surface area contributed by atoms with Crippen LogP contribution in [0.1, 0.15) is 43.7 Å². The summed E-state index contributed by atoms with van der Waals surface area (Å²) in [7, 11) is 0. The van der Waals surface area contributed by atoms with Gasteiger partial charge in [-0.05, 0) is 42.5 Å². The third kappa shape index (κ3) is 3.82. The molecule has 1 heterocycles. The first-order valence-corrected chi connectivity index (χ1v) is 7.67. The standard InChI is InChI=1S/C18H22N2O/c1-13(2)14-5-9-17(10-6-14)21-18-15(4-3-11-19-18)12-20-16-7-8-16/h3-6,9-11,13,16,20H,7-8,12H2,1-2H3. The van der Waals surface area contributed by atoms with Crippen molar-refractivity contribution in [1.29, 1.82) is 0 Å². The van der Waals surface area contributed by atoms with E-state index in [1.807, 2.05) is 18.2 Å². The van der Waals surface area contributed by atoms with E-state index < -0.39 is 0 Å². The largest absolute Gasteiger partial charge is 0.439 e. The van der Waals surface area contributed by atoms with E-state index in [4.69, 9.17) is 4.74 Å². The van der Waals surface area contributed by atoms with E-state index >= 15 is 0 Å². The van der Waals surface area contributed by atoms with Gasteiger partial charge in [-0.1, -0.05) is 32.0 Å². The van der Waals surface area contributed by atoms with E-state index in [1.165, 1.54) is 18.4 Å². The molecule has 0 aliphatic heterocycles. The lowest BCUT2D eigenvalue weighted by molar-refractivity contribution is 0.452. The number of nitrogens with zero attached hydrogens (tertiary/aromatic N) is 1. The second-order valence-electron chi connectivity index (χ2n) is 5.95. The first-order valence-electron chi connectivity index (χ1n) is 7.67. The van der Waals surface area contributed by atoms with Gasteiger partial charge in [0.2, 0.25) is 5.88 Å². The monoisotopic (exact) mass is 282 g/mol. The molecule has 0 radical (unpaired) electrons. The molecule has 1 aromatic carbocycles. The highest BCUT2D eigenvalue weighted by Gasteiger charge is 2.20. The lowest BCUT2D eigenvalue weighted by atomic mass is 10.0. The van der Waals surface area contributed by atoms with E-state index in [-0.39, 0.29) is 0 Å². The Morgan fingerprint density at radius 2 is 1.95 bits per heavy atom. The van der Waals surface area contributed by atoms with Crippen molar-refractivity contribution in [2.45, 2.75) is 45.2 Å². The van der Waals surface area contributed by atoms with Gasteiger partial charge in [0.05, 0.1) is 0 Å². The molecule has 0 saturated heterocycles. The topological polar surface area (TPSA) is 34.1 Å². The van der Waals surface area contributed by atoms with Gasteiger partial charge in [0, 0.05) is 24.3 Å². The van der Waals surface area contributed by atoms with Crippen LogP contribution in [0.4, 0.5) is 0 Å². The molecule has 3 nitrogen and oxygen atoms in total. The lowest BCUT2D eigenvalue weighted by Gasteiger charge is -2.11. The highest BCUT2D eigenvalue weighted by molar-refractivity contribution is 5.34. The van der Waals surface area contributed by atoms with Crippen LogP contribution in [-0.2, 0) is 6.54 Å². The molecule has 0 unspecified atom stereocenters. The summed E-state index contributed by atoms with van der Waals surface area (Å²) in [6.07, 6.45) is 4.35. The van der Waals surface area contributed by atoms with Gasteiger partial charge in [0.15, 0.2) is 0 Å². The smallest absolute Gasteiger partial charge is 0.223 e. The van der Waals surface area contributed by atoms with Crippen LogP contribution >= 0.6 is 0 Å². The maximum atomic E-state index is 5.95. The highest BCUT2D eigenvalue weighted by Crippen LogP contribution is 2.26. The fourth-order valence-electron chi connectivity index (χ4n) is 2.22. The van der Waals surface area contributed by atoms with Crippen molar-refractivity contribution in [3.8, 4) is 11.6 Å². The molecule has 0 amide bonds. The normalized spacial score (nSPS) is 14.4. The maximum Gasteiger partial charge on any atom is 0.223 e. The minimum Gasteiger partial charge on any atom is -0.439 e. The molecule has 1 saturated carbocycles. The molecule has 1 N–H and O–H groups in total. The maximum absolute atomic E-state index is 5.95. The molecular weight excluding hydrogens is 260 g/mol. The van der Waals surface area contributed by atoms with E-state index in [0.717, 1.165) is 17.9 Å². The zero-order valence-electron chi connectivity index (χ0n) is 12.7. The van der Waals surface area contributed by atoms with Crippen LogP contribution in [0.2, 0.25) is 0 Å². The second-order valence-corrected chi connectivity index (χ2v) is 5.95. The van der Waals surface area contributed by atoms with Gasteiger partial charge in [-0.2, -0.15) is 0 Å². The van der Waals surface area contributed by atoms with Crippen LogP contribution < -0.4 is 10.1 Å². The van der Waals surface area contributed by atoms with Crippen LogP contribution in [0.25, 0.3) is 0 Å². The van der Waals surface area contributed by atoms with Crippen molar-refractivity contribution in [3.05, 3.63) is 53.7 Å². The summed E-state index contributed by atoms with van der Waals surface area (Å²) in [4.78, 5) is 4.37. The van der Waals surface area contributed by atoms with Crippen molar-refractivity contribution in [2.75, 3.05) is 0 Å². The third-order valence-corrected chi connectivity index (χ3v) is 3.77. The Bertz CT molecular complexity index is 588. The average Bonchev–Trinajstić information content (AvgIpc) is 3.31. The predicted octanol–water partition coefficient (Wildman–Crippen LogP) is 4.25. The van der Waals surface area contributed by atoms with Crippen molar-refractivity contribution in [3.63, 3.8) is 0 Å². The molecule has 1 aliphatic rings. The first kappa shape index (κ1) is 14.1. The van der Waals surface area contributed by atoms with Crippen LogP contribution in [0.15, 0.2) is 42.6 Å². The van der Waals surface area contributed by atoms with Gasteiger partial charge in [0.25, 0.3) is 0 Å². The summed E-state index contributed by atoms with van der Waals surface area (Å²) in [6, 6.07) is 13.0. The zero-order chi connectivity index (χ0) is 14.7. The van der Waals surface area contributed by atoms with E-state index in [1.54, 1.807) is 6.20 Å². The molecule has 3 rings (SSSR count). The van der Waals surface area contributed by atoms with Crippen LogP contribution in [-0.4, -0.2) is 11.0 Å². The number of benzene rings is 1. The minimum absolute atomic E-state index is 0.534. The number of aromatic nitrogens is 1. The summed E-state index contributed by atoms with van der Waals surface area (Å²) < 4.78 is 5.95. The van der Waals surface area contributed by atoms with E-state index in [2.05, 4.69) is 42.3 Å². The minimum atomic E-state index is 0.534. The Morgan fingerprint density at radius 3 is 2.62 bits per heavy atom. The molecule has 3 heteroatoms. The fourth-order valence-corrected chi connectivity index (χ4v) is 2.22. The molecule has 0 atom stereocenters. The highest BCUT2D eigenvalue weighted by atomic mass is 16.5. The number of rotatable bonds is 6. The third-order valence-electron chi connectivity index (χ3n) is 3.77. The quantitative estimate of drug-likeness (QED) is 0.860. The number of hydrogen-bond donors (Lipinski definition) is 1. The van der Waals surface area contributed by atoms with Gasteiger partial charge in [-0.3, -0.25) is 0 Å². The summed E-state index contributed by atoms with van der Waals surface area (Å²) in [5.74, 6) is 2.07. The summed E-state index contributed by atoms with van der Waals surface area (Å²) in [5.41, 5.74) is 2.43.